The molecule has 14 heavy (non-hydrogen) atoms. The topological polar surface area (TPSA) is 26.3 Å². The number of rotatable bonds is 6. The minimum Gasteiger partial charge on any atom is -0.460 e. The largest absolute Gasteiger partial charge is 0.460 e. The molecule has 0 aromatic rings. The second-order valence-electron chi connectivity index (χ2n) is 4.45. The maximum atomic E-state index is 10.9. The number of carbonyl (C=O) groups is 1. The molecule has 0 rings (SSSR count). The van der Waals surface area contributed by atoms with Crippen LogP contribution in [0.25, 0.3) is 0 Å². The zero-order valence-corrected chi connectivity index (χ0v) is 10.2. The van der Waals surface area contributed by atoms with Crippen LogP contribution in [0.3, 0.4) is 0 Å². The molecule has 0 fully saturated rings. The molecule has 0 heterocycles. The van der Waals surface area contributed by atoms with E-state index < -0.39 is 0 Å². The van der Waals surface area contributed by atoms with Gasteiger partial charge in [0.1, 0.15) is 5.60 Å². The molecule has 0 bridgehead atoms. The first-order valence-corrected chi connectivity index (χ1v) is 5.63. The van der Waals surface area contributed by atoms with Gasteiger partial charge < -0.3 is 4.74 Å². The lowest BCUT2D eigenvalue weighted by molar-refractivity contribution is -0.156. The Morgan fingerprint density at radius 3 is 2.36 bits per heavy atom. The lowest BCUT2D eigenvalue weighted by Crippen LogP contribution is -2.30. The normalized spacial score (nSPS) is 17.2. The van der Waals surface area contributed by atoms with E-state index in [0.29, 0.717) is 0 Å². The fourth-order valence-corrected chi connectivity index (χ4v) is 1.40. The summed E-state index contributed by atoms with van der Waals surface area (Å²) < 4.78 is 5.34. The van der Waals surface area contributed by atoms with E-state index in [1.165, 1.54) is 13.3 Å². The Hall–Kier alpha value is -0.530. The summed E-state index contributed by atoms with van der Waals surface area (Å²) in [6.07, 6.45) is 4.19. The highest BCUT2D eigenvalue weighted by molar-refractivity contribution is 5.66. The van der Waals surface area contributed by atoms with Gasteiger partial charge in [0.05, 0.1) is 0 Å². The van der Waals surface area contributed by atoms with Crippen molar-refractivity contribution in [2.24, 2.45) is 5.92 Å². The van der Waals surface area contributed by atoms with Crippen molar-refractivity contribution in [1.82, 2.24) is 0 Å². The van der Waals surface area contributed by atoms with E-state index in [1.807, 2.05) is 6.92 Å². The summed E-state index contributed by atoms with van der Waals surface area (Å²) >= 11 is 0. The van der Waals surface area contributed by atoms with Crippen LogP contribution in [0.1, 0.15) is 60.3 Å². The highest BCUT2D eigenvalue weighted by atomic mass is 16.6. The maximum absolute atomic E-state index is 10.9. The number of esters is 1. The summed E-state index contributed by atoms with van der Waals surface area (Å²) in [6.45, 7) is 10.0. The zero-order valence-electron chi connectivity index (χ0n) is 10.2. The van der Waals surface area contributed by atoms with Crippen molar-refractivity contribution < 1.29 is 9.53 Å². The maximum Gasteiger partial charge on any atom is 0.303 e. The van der Waals surface area contributed by atoms with E-state index in [4.69, 9.17) is 4.74 Å². The summed E-state index contributed by atoms with van der Waals surface area (Å²) in [5.41, 5.74) is -0.255. The molecule has 0 aromatic carbocycles. The van der Waals surface area contributed by atoms with Crippen LogP contribution in [0.5, 0.6) is 0 Å². The Labute approximate surface area is 88.0 Å². The zero-order chi connectivity index (χ0) is 11.2. The lowest BCUT2D eigenvalue weighted by atomic mass is 9.91. The molecule has 2 heteroatoms. The van der Waals surface area contributed by atoms with E-state index in [1.54, 1.807) is 0 Å². The summed E-state index contributed by atoms with van der Waals surface area (Å²) in [6, 6.07) is 0. The molecule has 0 saturated carbocycles. The van der Waals surface area contributed by atoms with Gasteiger partial charge >= 0.3 is 5.97 Å². The first kappa shape index (κ1) is 13.5. The van der Waals surface area contributed by atoms with Gasteiger partial charge in [-0.15, -0.1) is 0 Å². The fourth-order valence-electron chi connectivity index (χ4n) is 1.40. The van der Waals surface area contributed by atoms with E-state index in [2.05, 4.69) is 20.8 Å². The molecule has 0 amide bonds. The third-order valence-corrected chi connectivity index (χ3v) is 3.00. The van der Waals surface area contributed by atoms with Gasteiger partial charge in [0.2, 0.25) is 0 Å². The Balaban J connectivity index is 4.04. The predicted octanol–water partition coefficient (Wildman–Crippen LogP) is 3.54. The first-order valence-electron chi connectivity index (χ1n) is 5.63. The molecule has 2 nitrogen and oxygen atoms in total. The van der Waals surface area contributed by atoms with Crippen molar-refractivity contribution in [2.75, 3.05) is 0 Å². The molecule has 0 aliphatic heterocycles. The molecular formula is C12H24O2. The van der Waals surface area contributed by atoms with Gasteiger partial charge in [-0.25, -0.2) is 0 Å². The number of hydrogen-bond donors (Lipinski definition) is 0. The number of ether oxygens (including phenoxy) is 1. The Bertz CT molecular complexity index is 177. The minimum atomic E-state index is -0.255. The Morgan fingerprint density at radius 1 is 1.43 bits per heavy atom. The van der Waals surface area contributed by atoms with Gasteiger partial charge in [-0.3, -0.25) is 4.79 Å². The van der Waals surface area contributed by atoms with Crippen LogP contribution in [0.4, 0.5) is 0 Å². The van der Waals surface area contributed by atoms with E-state index in [-0.39, 0.29) is 11.6 Å². The molecule has 2 atom stereocenters. The highest BCUT2D eigenvalue weighted by Gasteiger charge is 2.25. The standard InChI is InChI=1S/C12H24O2/c1-6-10(3)8-9-12(5,7-2)14-11(4)13/h10H,6-9H2,1-5H3. The first-order chi connectivity index (χ1) is 6.43. The van der Waals surface area contributed by atoms with Gasteiger partial charge in [-0.1, -0.05) is 27.2 Å². The molecule has 0 aliphatic rings. The highest BCUT2D eigenvalue weighted by Crippen LogP contribution is 2.25. The average molecular weight is 200 g/mol. The Kier molecular flexibility index (Phi) is 5.82. The second kappa shape index (κ2) is 6.05. The summed E-state index contributed by atoms with van der Waals surface area (Å²) in [4.78, 5) is 10.9. The average Bonchev–Trinajstić information content (AvgIpc) is 2.13. The fraction of sp³-hybridized carbons (Fsp3) is 0.917. The Morgan fingerprint density at radius 2 is 2.00 bits per heavy atom. The molecule has 0 aromatic heterocycles. The summed E-state index contributed by atoms with van der Waals surface area (Å²) in [5, 5.41) is 0. The SMILES string of the molecule is CCC(C)CCC(C)(CC)OC(C)=O. The third-order valence-electron chi connectivity index (χ3n) is 3.00. The number of carbonyl (C=O) groups excluding carboxylic acids is 1. The quantitative estimate of drug-likeness (QED) is 0.613. The second-order valence-corrected chi connectivity index (χ2v) is 4.45. The molecule has 0 spiro atoms. The predicted molar refractivity (Wildman–Crippen MR) is 59.2 cm³/mol. The third kappa shape index (κ3) is 5.25. The monoisotopic (exact) mass is 200 g/mol. The van der Waals surface area contributed by atoms with Crippen molar-refractivity contribution in [3.05, 3.63) is 0 Å². The van der Waals surface area contributed by atoms with E-state index in [0.717, 1.165) is 25.2 Å². The van der Waals surface area contributed by atoms with Crippen molar-refractivity contribution in [2.45, 2.75) is 65.9 Å². The van der Waals surface area contributed by atoms with Gasteiger partial charge in [0.15, 0.2) is 0 Å². The number of hydrogen-bond acceptors (Lipinski definition) is 2. The van der Waals surface area contributed by atoms with Crippen LogP contribution in [-0.2, 0) is 9.53 Å². The van der Waals surface area contributed by atoms with Gasteiger partial charge in [-0.2, -0.15) is 0 Å². The van der Waals surface area contributed by atoms with Gasteiger partial charge in [0.25, 0.3) is 0 Å². The smallest absolute Gasteiger partial charge is 0.303 e. The van der Waals surface area contributed by atoms with Gasteiger partial charge in [-0.05, 0) is 32.1 Å². The lowest BCUT2D eigenvalue weighted by Gasteiger charge is -2.28. The molecule has 0 saturated heterocycles. The molecule has 0 N–H and O–H groups in total. The van der Waals surface area contributed by atoms with Gasteiger partial charge in [0, 0.05) is 6.92 Å². The molecule has 84 valence electrons. The van der Waals surface area contributed by atoms with Crippen LogP contribution < -0.4 is 0 Å². The van der Waals surface area contributed by atoms with Crippen molar-refractivity contribution in [3.63, 3.8) is 0 Å². The molecule has 0 aliphatic carbocycles. The van der Waals surface area contributed by atoms with Crippen molar-refractivity contribution in [1.29, 1.82) is 0 Å². The van der Waals surface area contributed by atoms with Crippen LogP contribution in [0.2, 0.25) is 0 Å². The van der Waals surface area contributed by atoms with Crippen LogP contribution in [0.15, 0.2) is 0 Å². The summed E-state index contributed by atoms with van der Waals surface area (Å²) in [5.74, 6) is 0.551. The minimum absolute atomic E-state index is 0.168. The molecular weight excluding hydrogens is 176 g/mol. The van der Waals surface area contributed by atoms with Crippen LogP contribution in [0, 0.1) is 5.92 Å². The van der Waals surface area contributed by atoms with E-state index in [9.17, 15) is 4.79 Å². The molecule has 0 radical (unpaired) electrons. The molecule has 2 unspecified atom stereocenters. The summed E-state index contributed by atoms with van der Waals surface area (Å²) in [7, 11) is 0. The van der Waals surface area contributed by atoms with Crippen molar-refractivity contribution in [3.8, 4) is 0 Å². The van der Waals surface area contributed by atoms with Crippen LogP contribution in [-0.4, -0.2) is 11.6 Å². The van der Waals surface area contributed by atoms with Crippen molar-refractivity contribution >= 4 is 5.97 Å². The van der Waals surface area contributed by atoms with E-state index >= 15 is 0 Å². The van der Waals surface area contributed by atoms with Crippen LogP contribution >= 0.6 is 0 Å².